The van der Waals surface area contributed by atoms with Crippen LogP contribution in [0.5, 0.6) is 0 Å². The first-order valence-electron chi connectivity index (χ1n) is 7.87. The molecule has 4 atom stereocenters. The van der Waals surface area contributed by atoms with Gasteiger partial charge in [-0.25, -0.2) is 0 Å². The first-order valence-corrected chi connectivity index (χ1v) is 7.87. The monoisotopic (exact) mass is 374 g/mol. The molecule has 0 aromatic carbocycles. The fraction of sp³-hybridized carbons (Fsp3) is 0.688. The predicted molar refractivity (Wildman–Crippen MR) is 82.4 cm³/mol. The zero-order chi connectivity index (χ0) is 20.0. The molecule has 0 unspecified atom stereocenters. The van der Waals surface area contributed by atoms with Crippen molar-refractivity contribution in [1.29, 1.82) is 0 Å². The molecule has 0 saturated heterocycles. The quantitative estimate of drug-likeness (QED) is 0.480. The maximum atomic E-state index is 11.5. The Hall–Kier alpha value is -2.65. The van der Waals surface area contributed by atoms with Crippen LogP contribution in [-0.2, 0) is 47.7 Å². The Morgan fingerprint density at radius 1 is 0.500 bits per heavy atom. The van der Waals surface area contributed by atoms with Gasteiger partial charge < -0.3 is 23.7 Å². The van der Waals surface area contributed by atoms with E-state index in [1.165, 1.54) is 0 Å². The minimum atomic E-state index is -1.33. The van der Waals surface area contributed by atoms with E-state index in [0.29, 0.717) is 0 Å². The largest absolute Gasteiger partial charge is 0.458 e. The van der Waals surface area contributed by atoms with Crippen molar-refractivity contribution in [2.24, 2.45) is 0 Å². The molecule has 1 aliphatic rings. The van der Waals surface area contributed by atoms with Crippen LogP contribution in [0.2, 0.25) is 0 Å². The highest BCUT2D eigenvalue weighted by atomic mass is 16.6. The summed E-state index contributed by atoms with van der Waals surface area (Å²) in [5.41, 5.74) is 0. The van der Waals surface area contributed by atoms with Gasteiger partial charge in [-0.3, -0.25) is 24.0 Å². The summed E-state index contributed by atoms with van der Waals surface area (Å²) in [6.45, 7) is 5.63. The summed E-state index contributed by atoms with van der Waals surface area (Å²) in [5, 5.41) is 0. The Bertz CT molecular complexity index is 542. The second-order valence-corrected chi connectivity index (χ2v) is 5.75. The van der Waals surface area contributed by atoms with Gasteiger partial charge in [0.15, 0.2) is 18.3 Å². The summed E-state index contributed by atoms with van der Waals surface area (Å²) >= 11 is 0. The van der Waals surface area contributed by atoms with Gasteiger partial charge in [-0.2, -0.15) is 0 Å². The van der Waals surface area contributed by atoms with E-state index < -0.39 is 60.4 Å². The number of hydrogen-bond donors (Lipinski definition) is 0. The highest BCUT2D eigenvalue weighted by molar-refractivity contribution is 5.70. The second kappa shape index (κ2) is 9.16. The number of carbonyl (C=O) groups excluding carboxylic acids is 5. The average Bonchev–Trinajstić information content (AvgIpc) is 2.44. The van der Waals surface area contributed by atoms with Crippen molar-refractivity contribution < 1.29 is 47.7 Å². The molecule has 1 rings (SSSR count). The van der Waals surface area contributed by atoms with E-state index in [-0.39, 0.29) is 6.42 Å². The molecule has 0 N–H and O–H groups in total. The Balaban J connectivity index is 3.32. The van der Waals surface area contributed by atoms with E-state index in [1.54, 1.807) is 0 Å². The zero-order valence-electron chi connectivity index (χ0n) is 15.2. The van der Waals surface area contributed by atoms with Crippen LogP contribution in [0.15, 0.2) is 0 Å². The van der Waals surface area contributed by atoms with Crippen molar-refractivity contribution in [2.75, 3.05) is 0 Å². The third-order valence-corrected chi connectivity index (χ3v) is 3.39. The van der Waals surface area contributed by atoms with Gasteiger partial charge in [0.25, 0.3) is 0 Å². The summed E-state index contributed by atoms with van der Waals surface area (Å²) in [6.07, 6.45) is -6.07. The predicted octanol–water partition coefficient (Wildman–Crippen LogP) is 0.0486. The highest BCUT2D eigenvalue weighted by Gasteiger charge is 2.53. The lowest BCUT2D eigenvalue weighted by Gasteiger charge is -2.43. The van der Waals surface area contributed by atoms with Gasteiger partial charge in [0, 0.05) is 41.0 Å². The van der Waals surface area contributed by atoms with Crippen LogP contribution >= 0.6 is 0 Å². The molecule has 0 radical (unpaired) electrons. The van der Waals surface area contributed by atoms with Crippen molar-refractivity contribution in [3.05, 3.63) is 0 Å². The SMILES string of the molecule is CC(=O)OC1[C@H](OC(C)=O)[C@@H](OC(C)=O)C[C@H](OC(C)=O)[C@H]1OC(C)=O. The molecule has 10 heteroatoms. The van der Waals surface area contributed by atoms with Gasteiger partial charge in [-0.1, -0.05) is 0 Å². The summed E-state index contributed by atoms with van der Waals surface area (Å²) in [6, 6.07) is 0. The van der Waals surface area contributed by atoms with E-state index in [4.69, 9.17) is 23.7 Å². The van der Waals surface area contributed by atoms with Crippen LogP contribution in [-0.4, -0.2) is 60.4 Å². The molecule has 10 nitrogen and oxygen atoms in total. The van der Waals surface area contributed by atoms with Crippen molar-refractivity contribution in [3.8, 4) is 0 Å². The molecule has 0 spiro atoms. The van der Waals surface area contributed by atoms with Crippen LogP contribution in [0.3, 0.4) is 0 Å². The summed E-state index contributed by atoms with van der Waals surface area (Å²) in [7, 11) is 0. The standard InChI is InChI=1S/C16H22O10/c1-7(17)22-12-6-13(23-8(2)18)15(25-10(4)20)16(26-11(5)21)14(12)24-9(3)19/h12-16H,6H2,1-5H3/t12-,13-,14+,15+/m0/s1. The van der Waals surface area contributed by atoms with Gasteiger partial charge in [-0.15, -0.1) is 0 Å². The number of esters is 5. The van der Waals surface area contributed by atoms with Crippen LogP contribution in [0.25, 0.3) is 0 Å². The lowest BCUT2D eigenvalue weighted by Crippen LogP contribution is -2.61. The lowest BCUT2D eigenvalue weighted by atomic mass is 9.86. The topological polar surface area (TPSA) is 132 Å². The molecule has 1 aliphatic carbocycles. The Kier molecular flexibility index (Phi) is 7.54. The number of carbonyl (C=O) groups is 5. The lowest BCUT2D eigenvalue weighted by molar-refractivity contribution is -0.230. The smallest absolute Gasteiger partial charge is 0.303 e. The second-order valence-electron chi connectivity index (χ2n) is 5.75. The average molecular weight is 374 g/mol. The maximum Gasteiger partial charge on any atom is 0.303 e. The molecular formula is C16H22O10. The molecule has 0 aromatic rings. The molecule has 0 aromatic heterocycles. The van der Waals surface area contributed by atoms with Gasteiger partial charge >= 0.3 is 29.8 Å². The number of hydrogen-bond acceptors (Lipinski definition) is 10. The van der Waals surface area contributed by atoms with Gasteiger partial charge in [0.05, 0.1) is 0 Å². The minimum Gasteiger partial charge on any atom is -0.458 e. The number of rotatable bonds is 5. The fourth-order valence-corrected chi connectivity index (χ4v) is 2.76. The van der Waals surface area contributed by atoms with Gasteiger partial charge in [-0.05, 0) is 0 Å². The summed E-state index contributed by atoms with van der Waals surface area (Å²) in [4.78, 5) is 57.2. The van der Waals surface area contributed by atoms with E-state index >= 15 is 0 Å². The van der Waals surface area contributed by atoms with Crippen molar-refractivity contribution in [3.63, 3.8) is 0 Å². The molecule has 1 fully saturated rings. The Labute approximate surface area is 150 Å². The molecule has 0 amide bonds. The normalized spacial score (nSPS) is 27.7. The van der Waals surface area contributed by atoms with Crippen molar-refractivity contribution in [2.45, 2.75) is 71.6 Å². The third kappa shape index (κ3) is 6.34. The zero-order valence-corrected chi connectivity index (χ0v) is 15.2. The first-order chi connectivity index (χ1) is 12.0. The van der Waals surface area contributed by atoms with Gasteiger partial charge in [0.2, 0.25) is 0 Å². The fourth-order valence-electron chi connectivity index (χ4n) is 2.76. The molecule has 1 saturated carbocycles. The molecule has 0 aliphatic heterocycles. The van der Waals surface area contributed by atoms with Crippen LogP contribution < -0.4 is 0 Å². The van der Waals surface area contributed by atoms with E-state index in [0.717, 1.165) is 34.6 Å². The van der Waals surface area contributed by atoms with Crippen LogP contribution in [0, 0.1) is 0 Å². The van der Waals surface area contributed by atoms with Gasteiger partial charge in [0.1, 0.15) is 12.2 Å². The highest BCUT2D eigenvalue weighted by Crippen LogP contribution is 2.32. The number of ether oxygens (including phenoxy) is 5. The van der Waals surface area contributed by atoms with E-state index in [1.807, 2.05) is 0 Å². The first kappa shape index (κ1) is 21.4. The van der Waals surface area contributed by atoms with Crippen molar-refractivity contribution >= 4 is 29.8 Å². The molecule has 146 valence electrons. The Morgan fingerprint density at radius 3 is 1.04 bits per heavy atom. The van der Waals surface area contributed by atoms with Crippen LogP contribution in [0.1, 0.15) is 41.0 Å². The molecule has 0 heterocycles. The molecule has 26 heavy (non-hydrogen) atoms. The van der Waals surface area contributed by atoms with E-state index in [9.17, 15) is 24.0 Å². The van der Waals surface area contributed by atoms with Crippen molar-refractivity contribution in [1.82, 2.24) is 0 Å². The Morgan fingerprint density at radius 2 is 0.769 bits per heavy atom. The molecule has 0 bridgehead atoms. The molecular weight excluding hydrogens is 352 g/mol. The third-order valence-electron chi connectivity index (χ3n) is 3.39. The minimum absolute atomic E-state index is 0.118. The van der Waals surface area contributed by atoms with Crippen LogP contribution in [0.4, 0.5) is 0 Å². The summed E-state index contributed by atoms with van der Waals surface area (Å²) in [5.74, 6) is -3.56. The van der Waals surface area contributed by atoms with E-state index in [2.05, 4.69) is 0 Å². The maximum absolute atomic E-state index is 11.5. The summed E-state index contributed by atoms with van der Waals surface area (Å²) < 4.78 is 25.8.